The minimum Gasteiger partial charge on any atom is -0.316 e. The zero-order chi connectivity index (χ0) is 15.5. The first kappa shape index (κ1) is 16.4. The van der Waals surface area contributed by atoms with Crippen LogP contribution in [0, 0.1) is 5.82 Å². The Morgan fingerprint density at radius 1 is 1.24 bits per heavy atom. The van der Waals surface area contributed by atoms with Gasteiger partial charge in [0.05, 0.1) is 0 Å². The van der Waals surface area contributed by atoms with E-state index in [-0.39, 0.29) is 4.90 Å². The largest absolute Gasteiger partial charge is 0.316 e. The van der Waals surface area contributed by atoms with Crippen molar-refractivity contribution in [1.82, 2.24) is 14.5 Å². The maximum absolute atomic E-state index is 14.2. The smallest absolute Gasteiger partial charge is 0.246 e. The number of halogens is 1. The molecule has 0 saturated carbocycles. The van der Waals surface area contributed by atoms with Crippen LogP contribution in [0.15, 0.2) is 23.1 Å². The summed E-state index contributed by atoms with van der Waals surface area (Å²) in [4.78, 5) is 1.86. The van der Waals surface area contributed by atoms with E-state index in [4.69, 9.17) is 0 Å². The normalized spacial score (nSPS) is 18.6. The molecule has 0 spiro atoms. The van der Waals surface area contributed by atoms with Crippen molar-refractivity contribution in [3.63, 3.8) is 0 Å². The molecular weight excluding hydrogens is 293 g/mol. The molecule has 1 heterocycles. The molecule has 1 fully saturated rings. The van der Waals surface area contributed by atoms with Crippen LogP contribution in [0.1, 0.15) is 12.0 Å². The lowest BCUT2D eigenvalue weighted by Crippen LogP contribution is -2.35. The molecule has 1 aromatic rings. The van der Waals surface area contributed by atoms with Gasteiger partial charge in [0.1, 0.15) is 10.7 Å². The molecule has 0 unspecified atom stereocenters. The SMILES string of the molecule is CNCc1ccc(S(=O)(=O)N2CCCN(C)CC2)c(F)c1. The van der Waals surface area contributed by atoms with Crippen LogP contribution in [-0.4, -0.2) is 57.9 Å². The molecule has 1 N–H and O–H groups in total. The average molecular weight is 315 g/mol. The number of hydrogen-bond donors (Lipinski definition) is 1. The minimum atomic E-state index is -3.76. The van der Waals surface area contributed by atoms with E-state index in [0.29, 0.717) is 26.2 Å². The highest BCUT2D eigenvalue weighted by atomic mass is 32.2. The average Bonchev–Trinajstić information content (AvgIpc) is 2.64. The fourth-order valence-corrected chi connectivity index (χ4v) is 3.98. The lowest BCUT2D eigenvalue weighted by Gasteiger charge is -2.20. The molecule has 0 aliphatic carbocycles. The second kappa shape index (κ2) is 6.83. The van der Waals surface area contributed by atoms with E-state index in [1.807, 2.05) is 7.05 Å². The molecule has 2 rings (SSSR count). The molecule has 1 aromatic carbocycles. The van der Waals surface area contributed by atoms with Crippen molar-refractivity contribution in [1.29, 1.82) is 0 Å². The Labute approximate surface area is 125 Å². The van der Waals surface area contributed by atoms with Crippen molar-refractivity contribution >= 4 is 10.0 Å². The number of nitrogens with zero attached hydrogens (tertiary/aromatic N) is 2. The van der Waals surface area contributed by atoms with Crippen LogP contribution in [0.25, 0.3) is 0 Å². The summed E-state index contributed by atoms with van der Waals surface area (Å²) in [6.45, 7) is 2.86. The molecule has 1 aliphatic rings. The van der Waals surface area contributed by atoms with Crippen LogP contribution in [0.5, 0.6) is 0 Å². The Morgan fingerprint density at radius 2 is 2.00 bits per heavy atom. The molecule has 0 radical (unpaired) electrons. The van der Waals surface area contributed by atoms with Gasteiger partial charge in [-0.2, -0.15) is 4.31 Å². The highest BCUT2D eigenvalue weighted by Crippen LogP contribution is 2.21. The van der Waals surface area contributed by atoms with Gasteiger partial charge in [-0.1, -0.05) is 6.07 Å². The minimum absolute atomic E-state index is 0.230. The van der Waals surface area contributed by atoms with E-state index < -0.39 is 15.8 Å². The van der Waals surface area contributed by atoms with Gasteiger partial charge in [-0.05, 0) is 44.8 Å². The topological polar surface area (TPSA) is 52.7 Å². The Hall–Kier alpha value is -1.02. The number of likely N-dealkylation sites (N-methyl/N-ethyl adjacent to an activating group) is 1. The highest BCUT2D eigenvalue weighted by Gasteiger charge is 2.28. The molecule has 1 aliphatic heterocycles. The summed E-state index contributed by atoms with van der Waals surface area (Å²) in [6, 6.07) is 4.30. The maximum Gasteiger partial charge on any atom is 0.246 e. The van der Waals surface area contributed by atoms with E-state index >= 15 is 0 Å². The molecule has 5 nitrogen and oxygen atoms in total. The van der Waals surface area contributed by atoms with E-state index in [1.54, 1.807) is 13.1 Å². The second-order valence-corrected chi connectivity index (χ2v) is 7.26. The van der Waals surface area contributed by atoms with Crippen molar-refractivity contribution in [3.05, 3.63) is 29.6 Å². The fourth-order valence-electron chi connectivity index (χ4n) is 2.47. The summed E-state index contributed by atoms with van der Waals surface area (Å²) in [5.74, 6) is -0.680. The summed E-state index contributed by atoms with van der Waals surface area (Å²) in [5.41, 5.74) is 0.726. The number of nitrogens with one attached hydrogen (secondary N) is 1. The number of rotatable bonds is 4. The summed E-state index contributed by atoms with van der Waals surface area (Å²) in [6.07, 6.45) is 0.759. The Bertz CT molecular complexity index is 592. The van der Waals surface area contributed by atoms with Crippen LogP contribution in [0.3, 0.4) is 0 Å². The molecule has 1 saturated heterocycles. The summed E-state index contributed by atoms with van der Waals surface area (Å²) < 4.78 is 40.7. The first-order valence-corrected chi connectivity index (χ1v) is 8.51. The predicted octanol–water partition coefficient (Wildman–Crippen LogP) is 0.871. The van der Waals surface area contributed by atoms with Crippen molar-refractivity contribution in [2.24, 2.45) is 0 Å². The van der Waals surface area contributed by atoms with Crippen LogP contribution in [0.2, 0.25) is 0 Å². The standard InChI is InChI=1S/C14H22FN3O2S/c1-16-11-12-4-5-14(13(15)10-12)21(19,20)18-7-3-6-17(2)8-9-18/h4-5,10,16H,3,6-9,11H2,1-2H3. The van der Waals surface area contributed by atoms with Crippen molar-refractivity contribution in [2.45, 2.75) is 17.9 Å². The van der Waals surface area contributed by atoms with Crippen LogP contribution in [0.4, 0.5) is 4.39 Å². The van der Waals surface area contributed by atoms with E-state index in [1.165, 1.54) is 16.4 Å². The van der Waals surface area contributed by atoms with Gasteiger partial charge in [0.15, 0.2) is 0 Å². The van der Waals surface area contributed by atoms with Crippen molar-refractivity contribution in [3.8, 4) is 0 Å². The van der Waals surface area contributed by atoms with Gasteiger partial charge in [-0.15, -0.1) is 0 Å². The molecular formula is C14H22FN3O2S. The third kappa shape index (κ3) is 3.79. The number of hydrogen-bond acceptors (Lipinski definition) is 4. The van der Waals surface area contributed by atoms with Gasteiger partial charge in [0.2, 0.25) is 10.0 Å². The first-order chi connectivity index (χ1) is 9.95. The zero-order valence-corrected chi connectivity index (χ0v) is 13.3. The predicted molar refractivity (Wildman–Crippen MR) is 80.0 cm³/mol. The van der Waals surface area contributed by atoms with Gasteiger partial charge in [0, 0.05) is 26.2 Å². The van der Waals surface area contributed by atoms with Crippen molar-refractivity contribution < 1.29 is 12.8 Å². The summed E-state index contributed by atoms with van der Waals surface area (Å²) in [5, 5.41) is 2.91. The lowest BCUT2D eigenvalue weighted by atomic mass is 10.2. The van der Waals surface area contributed by atoms with Crippen LogP contribution >= 0.6 is 0 Å². The fraction of sp³-hybridized carbons (Fsp3) is 0.571. The Kier molecular flexibility index (Phi) is 5.32. The molecule has 0 atom stereocenters. The maximum atomic E-state index is 14.2. The third-order valence-corrected chi connectivity index (χ3v) is 5.61. The van der Waals surface area contributed by atoms with Gasteiger partial charge in [-0.25, -0.2) is 12.8 Å². The molecule has 7 heteroatoms. The van der Waals surface area contributed by atoms with Gasteiger partial charge in [-0.3, -0.25) is 0 Å². The van der Waals surface area contributed by atoms with Gasteiger partial charge >= 0.3 is 0 Å². The molecule has 118 valence electrons. The molecule has 0 bridgehead atoms. The molecule has 0 amide bonds. The first-order valence-electron chi connectivity index (χ1n) is 7.07. The third-order valence-electron chi connectivity index (χ3n) is 3.67. The van der Waals surface area contributed by atoms with E-state index in [2.05, 4.69) is 10.2 Å². The summed E-state index contributed by atoms with van der Waals surface area (Å²) in [7, 11) is -0.0382. The van der Waals surface area contributed by atoms with E-state index in [0.717, 1.165) is 18.5 Å². The molecule has 21 heavy (non-hydrogen) atoms. The number of sulfonamides is 1. The van der Waals surface area contributed by atoms with Gasteiger partial charge in [0.25, 0.3) is 0 Å². The molecule has 0 aromatic heterocycles. The van der Waals surface area contributed by atoms with Crippen molar-refractivity contribution in [2.75, 3.05) is 40.3 Å². The second-order valence-electron chi connectivity index (χ2n) is 5.36. The van der Waals surface area contributed by atoms with Crippen LogP contribution < -0.4 is 5.32 Å². The quantitative estimate of drug-likeness (QED) is 0.896. The highest BCUT2D eigenvalue weighted by molar-refractivity contribution is 7.89. The van der Waals surface area contributed by atoms with Gasteiger partial charge < -0.3 is 10.2 Å². The zero-order valence-electron chi connectivity index (χ0n) is 12.5. The van der Waals surface area contributed by atoms with E-state index in [9.17, 15) is 12.8 Å². The Morgan fingerprint density at radius 3 is 2.67 bits per heavy atom. The lowest BCUT2D eigenvalue weighted by molar-refractivity contribution is 0.347. The number of benzene rings is 1. The monoisotopic (exact) mass is 315 g/mol. The summed E-state index contributed by atoms with van der Waals surface area (Å²) >= 11 is 0. The van der Waals surface area contributed by atoms with Crippen LogP contribution in [-0.2, 0) is 16.6 Å². The Balaban J connectivity index is 2.26.